The molecule has 0 unspecified atom stereocenters. The van der Waals surface area contributed by atoms with Crippen molar-refractivity contribution in [2.75, 3.05) is 13.7 Å². The number of non-ortho nitro benzene ring substituents is 1. The van der Waals surface area contributed by atoms with Crippen LogP contribution in [0.4, 0.5) is 16.2 Å². The molecule has 31 heavy (non-hydrogen) atoms. The SMILES string of the molecule is CCN1C(=O)S/C(=C/c2cccc(OC)c2Oc2ccc([N+](=O)[O-])cc2[N+](=O)[O-])C1=O. The average molecular weight is 445 g/mol. The number of para-hydroxylation sites is 1. The third-order valence-corrected chi connectivity index (χ3v) is 5.18. The average Bonchev–Trinajstić information content (AvgIpc) is 3.01. The minimum atomic E-state index is -0.802. The van der Waals surface area contributed by atoms with Gasteiger partial charge in [0.05, 0.1) is 27.9 Å². The summed E-state index contributed by atoms with van der Waals surface area (Å²) in [6, 6.07) is 7.71. The van der Waals surface area contributed by atoms with Crippen LogP contribution in [0.1, 0.15) is 12.5 Å². The summed E-state index contributed by atoms with van der Waals surface area (Å²) in [5.41, 5.74) is -0.751. The summed E-state index contributed by atoms with van der Waals surface area (Å²) >= 11 is 0.762. The highest BCUT2D eigenvalue weighted by molar-refractivity contribution is 8.18. The number of likely N-dealkylation sites (N-methyl/N-ethyl adjacent to an activating group) is 1. The normalized spacial score (nSPS) is 14.8. The van der Waals surface area contributed by atoms with Gasteiger partial charge in [-0.1, -0.05) is 12.1 Å². The molecule has 12 heteroatoms. The number of hydrogen-bond acceptors (Lipinski definition) is 9. The number of hydrogen-bond donors (Lipinski definition) is 0. The second-order valence-corrected chi connectivity index (χ2v) is 7.07. The van der Waals surface area contributed by atoms with Gasteiger partial charge in [-0.25, -0.2) is 0 Å². The van der Waals surface area contributed by atoms with Gasteiger partial charge >= 0.3 is 5.69 Å². The van der Waals surface area contributed by atoms with Crippen molar-refractivity contribution in [3.8, 4) is 17.2 Å². The fraction of sp³-hybridized carbons (Fsp3) is 0.158. The quantitative estimate of drug-likeness (QED) is 0.345. The Morgan fingerprint density at radius 2 is 1.84 bits per heavy atom. The number of carbonyl (C=O) groups excluding carboxylic acids is 2. The number of imide groups is 1. The molecule has 0 spiro atoms. The number of methoxy groups -OCH3 is 1. The molecule has 1 heterocycles. The summed E-state index contributed by atoms with van der Waals surface area (Å²) < 4.78 is 11.0. The fourth-order valence-corrected chi connectivity index (χ4v) is 3.68. The maximum Gasteiger partial charge on any atom is 0.318 e. The van der Waals surface area contributed by atoms with Crippen molar-refractivity contribution in [2.24, 2.45) is 0 Å². The standard InChI is InChI=1S/C19H15N3O8S/c1-3-20-18(23)16(31-19(20)24)9-11-5-4-6-15(29-2)17(11)30-14-8-7-12(21(25)26)10-13(14)22(27)28/h4-10H,3H2,1-2H3/b16-9+. The van der Waals surface area contributed by atoms with Gasteiger partial charge in [-0.05, 0) is 36.9 Å². The van der Waals surface area contributed by atoms with Gasteiger partial charge in [0.15, 0.2) is 11.5 Å². The minimum Gasteiger partial charge on any atom is -0.493 e. The highest BCUT2D eigenvalue weighted by Crippen LogP contribution is 2.42. The third kappa shape index (κ3) is 4.33. The van der Waals surface area contributed by atoms with Gasteiger partial charge in [-0.3, -0.25) is 34.7 Å². The zero-order valence-corrected chi connectivity index (χ0v) is 17.1. The maximum absolute atomic E-state index is 12.4. The molecule has 0 aliphatic carbocycles. The fourth-order valence-electron chi connectivity index (χ4n) is 2.79. The van der Waals surface area contributed by atoms with Gasteiger partial charge < -0.3 is 9.47 Å². The van der Waals surface area contributed by atoms with Crippen molar-refractivity contribution in [3.05, 3.63) is 67.1 Å². The smallest absolute Gasteiger partial charge is 0.318 e. The molecule has 2 aromatic carbocycles. The molecule has 0 saturated carbocycles. The van der Waals surface area contributed by atoms with Gasteiger partial charge in [-0.2, -0.15) is 0 Å². The zero-order valence-electron chi connectivity index (χ0n) is 16.3. The molecule has 1 saturated heterocycles. The number of nitro groups is 2. The number of thioether (sulfide) groups is 1. The monoisotopic (exact) mass is 445 g/mol. The van der Waals surface area contributed by atoms with Crippen LogP contribution < -0.4 is 9.47 Å². The molecule has 0 N–H and O–H groups in total. The van der Waals surface area contributed by atoms with E-state index in [1.54, 1.807) is 25.1 Å². The second kappa shape index (κ2) is 8.83. The predicted molar refractivity (Wildman–Crippen MR) is 111 cm³/mol. The third-order valence-electron chi connectivity index (χ3n) is 4.27. The van der Waals surface area contributed by atoms with Gasteiger partial charge in [0, 0.05) is 18.2 Å². The first-order chi connectivity index (χ1) is 14.8. The van der Waals surface area contributed by atoms with Crippen LogP contribution >= 0.6 is 11.8 Å². The Kier molecular flexibility index (Phi) is 6.20. The van der Waals surface area contributed by atoms with E-state index in [1.165, 1.54) is 13.2 Å². The Morgan fingerprint density at radius 3 is 2.42 bits per heavy atom. The number of rotatable bonds is 7. The molecule has 11 nitrogen and oxygen atoms in total. The molecule has 3 rings (SSSR count). The molecule has 1 aliphatic heterocycles. The number of amides is 2. The highest BCUT2D eigenvalue weighted by atomic mass is 32.2. The van der Waals surface area contributed by atoms with E-state index in [-0.39, 0.29) is 28.7 Å². The van der Waals surface area contributed by atoms with E-state index >= 15 is 0 Å². The van der Waals surface area contributed by atoms with Crippen LogP contribution in [0.25, 0.3) is 6.08 Å². The lowest BCUT2D eigenvalue weighted by Gasteiger charge is -2.13. The van der Waals surface area contributed by atoms with Crippen LogP contribution in [-0.4, -0.2) is 39.5 Å². The van der Waals surface area contributed by atoms with Crippen molar-refractivity contribution < 1.29 is 28.9 Å². The number of nitrogens with zero attached hydrogens (tertiary/aromatic N) is 3. The van der Waals surface area contributed by atoms with Crippen molar-refractivity contribution >= 4 is 40.4 Å². The van der Waals surface area contributed by atoms with Crippen LogP contribution in [0.2, 0.25) is 0 Å². The summed E-state index contributed by atoms with van der Waals surface area (Å²) in [6.45, 7) is 1.89. The van der Waals surface area contributed by atoms with E-state index < -0.39 is 32.4 Å². The molecule has 2 amide bonds. The first-order valence-electron chi connectivity index (χ1n) is 8.79. The summed E-state index contributed by atoms with van der Waals surface area (Å²) in [5.74, 6) is -0.467. The van der Waals surface area contributed by atoms with Gasteiger partial charge in [-0.15, -0.1) is 0 Å². The van der Waals surface area contributed by atoms with Gasteiger partial charge in [0.2, 0.25) is 5.75 Å². The zero-order chi connectivity index (χ0) is 22.7. The molecule has 160 valence electrons. The lowest BCUT2D eigenvalue weighted by Crippen LogP contribution is -2.27. The maximum atomic E-state index is 12.4. The van der Waals surface area contributed by atoms with Crippen LogP contribution in [0, 0.1) is 20.2 Å². The first kappa shape index (κ1) is 21.8. The Balaban J connectivity index is 2.08. The molecule has 0 radical (unpaired) electrons. The second-order valence-electron chi connectivity index (χ2n) is 6.07. The summed E-state index contributed by atoms with van der Waals surface area (Å²) in [7, 11) is 1.36. The van der Waals surface area contributed by atoms with Crippen LogP contribution in [0.5, 0.6) is 17.2 Å². The van der Waals surface area contributed by atoms with Crippen molar-refractivity contribution in [3.63, 3.8) is 0 Å². The molecule has 1 fully saturated rings. The Labute approximate surface area is 179 Å². The van der Waals surface area contributed by atoms with E-state index in [2.05, 4.69) is 0 Å². The number of ether oxygens (including phenoxy) is 2. The van der Waals surface area contributed by atoms with Crippen LogP contribution in [0.15, 0.2) is 41.3 Å². The largest absolute Gasteiger partial charge is 0.493 e. The van der Waals surface area contributed by atoms with E-state index in [0.29, 0.717) is 5.56 Å². The summed E-state index contributed by atoms with van der Waals surface area (Å²) in [5, 5.41) is 22.0. The van der Waals surface area contributed by atoms with E-state index in [0.717, 1.165) is 34.9 Å². The van der Waals surface area contributed by atoms with E-state index in [9.17, 15) is 29.8 Å². The molecule has 1 aliphatic rings. The van der Waals surface area contributed by atoms with E-state index in [4.69, 9.17) is 9.47 Å². The van der Waals surface area contributed by atoms with Gasteiger partial charge in [0.1, 0.15) is 0 Å². The van der Waals surface area contributed by atoms with Crippen molar-refractivity contribution in [2.45, 2.75) is 6.92 Å². The number of carbonyl (C=O) groups is 2. The summed E-state index contributed by atoms with van der Waals surface area (Å²) in [6.07, 6.45) is 1.43. The van der Waals surface area contributed by atoms with Crippen molar-refractivity contribution in [1.29, 1.82) is 0 Å². The van der Waals surface area contributed by atoms with Crippen molar-refractivity contribution in [1.82, 2.24) is 4.90 Å². The lowest BCUT2D eigenvalue weighted by molar-refractivity contribution is -0.394. The predicted octanol–water partition coefficient (Wildman–Crippen LogP) is 4.36. The van der Waals surface area contributed by atoms with E-state index in [1.807, 2.05) is 0 Å². The molecular weight excluding hydrogens is 430 g/mol. The van der Waals surface area contributed by atoms with Gasteiger partial charge in [0.25, 0.3) is 16.8 Å². The topological polar surface area (TPSA) is 142 Å². The molecule has 0 aromatic heterocycles. The van der Waals surface area contributed by atoms with Crippen LogP contribution in [0.3, 0.4) is 0 Å². The minimum absolute atomic E-state index is 0.0465. The molecular formula is C19H15N3O8S. The highest BCUT2D eigenvalue weighted by Gasteiger charge is 2.34. The Morgan fingerprint density at radius 1 is 1.10 bits per heavy atom. The molecule has 0 atom stereocenters. The first-order valence-corrected chi connectivity index (χ1v) is 9.61. The van der Waals surface area contributed by atoms with Crippen LogP contribution in [-0.2, 0) is 4.79 Å². The molecule has 0 bridgehead atoms. The Bertz CT molecular complexity index is 1130. The lowest BCUT2D eigenvalue weighted by atomic mass is 10.1. The number of nitro benzene ring substituents is 2. The molecule has 2 aromatic rings. The summed E-state index contributed by atoms with van der Waals surface area (Å²) in [4.78, 5) is 46.4. The number of benzene rings is 2. The Hall–Kier alpha value is -3.93.